The summed E-state index contributed by atoms with van der Waals surface area (Å²) in [7, 11) is 0. The lowest BCUT2D eigenvalue weighted by molar-refractivity contribution is -0.150. The molecule has 16 heteroatoms. The number of carbonyl (C=O) groups excluding carboxylic acids is 2. The van der Waals surface area contributed by atoms with Crippen molar-refractivity contribution in [1.29, 1.82) is 0 Å². The first-order valence-electron chi connectivity index (χ1n) is 9.00. The molecular formula is C17H16F2N6O6S2. The monoisotopic (exact) mass is 502 g/mol. The number of oxime groups is 2. The molecule has 5 N–H and O–H groups in total. The van der Waals surface area contributed by atoms with Gasteiger partial charge in [0, 0.05) is 11.1 Å². The van der Waals surface area contributed by atoms with Gasteiger partial charge in [0.15, 0.2) is 10.8 Å². The van der Waals surface area contributed by atoms with Crippen molar-refractivity contribution < 1.29 is 38.3 Å². The number of thioether (sulfide) groups is 1. The summed E-state index contributed by atoms with van der Waals surface area (Å²) in [5.74, 6) is -2.72. The number of fused-ring (bicyclic) bond motifs is 1. The van der Waals surface area contributed by atoms with Crippen molar-refractivity contribution in [2.24, 2.45) is 10.3 Å². The predicted octanol–water partition coefficient (Wildman–Crippen LogP) is 0.466. The Kier molecular flexibility index (Phi) is 7.59. The largest absolute Gasteiger partial charge is 0.477 e. The fourth-order valence-electron chi connectivity index (χ4n) is 2.96. The van der Waals surface area contributed by atoms with Gasteiger partial charge in [0.25, 0.3) is 18.2 Å². The molecule has 3 heterocycles. The number of amides is 2. The van der Waals surface area contributed by atoms with Crippen molar-refractivity contribution in [1.82, 2.24) is 15.2 Å². The van der Waals surface area contributed by atoms with Crippen LogP contribution in [0.2, 0.25) is 0 Å². The van der Waals surface area contributed by atoms with E-state index in [1.165, 1.54) is 29.3 Å². The minimum Gasteiger partial charge on any atom is -0.477 e. The number of alkyl halides is 2. The Bertz CT molecular complexity index is 1070. The van der Waals surface area contributed by atoms with Crippen LogP contribution in [-0.2, 0) is 19.2 Å². The van der Waals surface area contributed by atoms with E-state index in [1.807, 2.05) is 0 Å². The lowest BCUT2D eigenvalue weighted by Crippen LogP contribution is -2.71. The number of aromatic nitrogens is 1. The van der Waals surface area contributed by atoms with E-state index in [4.69, 9.17) is 5.73 Å². The van der Waals surface area contributed by atoms with Crippen LogP contribution in [0.5, 0.6) is 0 Å². The number of nitrogens with two attached hydrogens (primary N) is 1. The van der Waals surface area contributed by atoms with Gasteiger partial charge in [-0.25, -0.2) is 18.6 Å². The lowest BCUT2D eigenvalue weighted by atomic mass is 10.0. The predicted molar refractivity (Wildman–Crippen MR) is 114 cm³/mol. The number of carbonyl (C=O) groups is 3. The van der Waals surface area contributed by atoms with Gasteiger partial charge in [-0.05, 0) is 11.6 Å². The summed E-state index contributed by atoms with van der Waals surface area (Å²) < 4.78 is 23.9. The standard InChI is InChI=1S/C17H16F2N6O6S2/c18-9(19)4-21-31-3-1-2-7-5-32-15-11(14(27)25(15)12(7)16(28)29)23-13(26)10(24-30)8-6-33-17(20)22-8/h1-2,4,6,9,11,15,30H,3,5H2,(H2,20,22)(H,23,26)(H,28,29)/b2-1-,21-4?,24-10-/t11-,15-/m1/s1. The number of anilines is 1. The van der Waals surface area contributed by atoms with Gasteiger partial charge in [-0.2, -0.15) is 0 Å². The molecule has 1 fully saturated rings. The topological polar surface area (TPSA) is 180 Å². The fourth-order valence-corrected chi connectivity index (χ4v) is 4.82. The molecule has 33 heavy (non-hydrogen) atoms. The van der Waals surface area contributed by atoms with E-state index in [-0.39, 0.29) is 28.9 Å². The van der Waals surface area contributed by atoms with Gasteiger partial charge in [0.05, 0.1) is 0 Å². The maximum atomic E-state index is 12.6. The van der Waals surface area contributed by atoms with Crippen molar-refractivity contribution >= 4 is 57.9 Å². The van der Waals surface area contributed by atoms with Gasteiger partial charge in [-0.15, -0.1) is 23.1 Å². The molecule has 0 unspecified atom stereocenters. The highest BCUT2D eigenvalue weighted by molar-refractivity contribution is 8.00. The summed E-state index contributed by atoms with van der Waals surface area (Å²) in [4.78, 5) is 46.4. The Morgan fingerprint density at radius 1 is 1.48 bits per heavy atom. The molecule has 2 aliphatic heterocycles. The zero-order valence-corrected chi connectivity index (χ0v) is 18.1. The molecule has 0 bridgehead atoms. The summed E-state index contributed by atoms with van der Waals surface area (Å²) in [5.41, 5.74) is 5.11. The molecule has 1 saturated heterocycles. The number of halogens is 2. The second-order valence-corrected chi connectivity index (χ2v) is 8.34. The number of carboxylic acid groups (broad SMARTS) is 1. The minimum absolute atomic E-state index is 0.0241. The number of thiazole rings is 1. The van der Waals surface area contributed by atoms with Crippen LogP contribution in [0, 0.1) is 0 Å². The zero-order valence-electron chi connectivity index (χ0n) is 16.4. The number of nitrogen functional groups attached to an aromatic ring is 1. The van der Waals surface area contributed by atoms with Crippen LogP contribution in [0.4, 0.5) is 13.9 Å². The van der Waals surface area contributed by atoms with E-state index < -0.39 is 41.3 Å². The van der Waals surface area contributed by atoms with Crippen LogP contribution in [-0.4, -0.2) is 80.1 Å². The first kappa shape index (κ1) is 24.1. The number of hydrogen-bond acceptors (Lipinski definition) is 11. The SMILES string of the molecule is Nc1nc(/C(=N/O)C(=O)N[C@@H]2C(=O)N3C(C(=O)O)=C(/C=C\CON=CC(F)F)CS[C@H]23)cs1. The second-order valence-electron chi connectivity index (χ2n) is 6.35. The van der Waals surface area contributed by atoms with Crippen molar-refractivity contribution in [3.8, 4) is 0 Å². The summed E-state index contributed by atoms with van der Waals surface area (Å²) >= 11 is 2.23. The summed E-state index contributed by atoms with van der Waals surface area (Å²) in [6.07, 6.45) is 0.314. The molecule has 1 aromatic heterocycles. The van der Waals surface area contributed by atoms with E-state index in [1.54, 1.807) is 0 Å². The second kappa shape index (κ2) is 10.4. The normalized spacial score (nSPS) is 21.0. The van der Waals surface area contributed by atoms with Crippen LogP contribution < -0.4 is 11.1 Å². The maximum absolute atomic E-state index is 12.6. The Morgan fingerprint density at radius 3 is 2.85 bits per heavy atom. The number of allylic oxidation sites excluding steroid dienone is 1. The smallest absolute Gasteiger partial charge is 0.352 e. The zero-order chi connectivity index (χ0) is 24.1. The highest BCUT2D eigenvalue weighted by Gasteiger charge is 2.54. The highest BCUT2D eigenvalue weighted by Crippen LogP contribution is 2.40. The number of β-lactam (4-membered cyclic amide) rings is 1. The van der Waals surface area contributed by atoms with Gasteiger partial charge in [0.2, 0.25) is 0 Å². The van der Waals surface area contributed by atoms with Gasteiger partial charge in [-0.3, -0.25) is 14.5 Å². The van der Waals surface area contributed by atoms with Crippen molar-refractivity contribution in [3.63, 3.8) is 0 Å². The van der Waals surface area contributed by atoms with Crippen LogP contribution in [0.3, 0.4) is 0 Å². The lowest BCUT2D eigenvalue weighted by Gasteiger charge is -2.49. The van der Waals surface area contributed by atoms with E-state index in [2.05, 4.69) is 25.4 Å². The van der Waals surface area contributed by atoms with Crippen LogP contribution in [0.1, 0.15) is 5.69 Å². The average Bonchev–Trinajstić information content (AvgIpc) is 3.19. The highest BCUT2D eigenvalue weighted by atomic mass is 32.2. The molecule has 0 aliphatic carbocycles. The molecule has 2 amide bonds. The molecule has 12 nitrogen and oxygen atoms in total. The summed E-state index contributed by atoms with van der Waals surface area (Å²) in [6, 6.07) is -1.05. The van der Waals surface area contributed by atoms with E-state index in [9.17, 15) is 33.5 Å². The van der Waals surface area contributed by atoms with Gasteiger partial charge in [0.1, 0.15) is 35.6 Å². The third-order valence-corrected chi connectivity index (χ3v) is 6.28. The van der Waals surface area contributed by atoms with Crippen LogP contribution >= 0.6 is 23.1 Å². The third-order valence-electron chi connectivity index (χ3n) is 4.30. The molecule has 0 aromatic carbocycles. The van der Waals surface area contributed by atoms with Gasteiger partial charge in [-0.1, -0.05) is 16.4 Å². The number of rotatable bonds is 9. The minimum atomic E-state index is -2.76. The Labute approximate surface area is 192 Å². The summed E-state index contributed by atoms with van der Waals surface area (Å²) in [6.45, 7) is -0.190. The van der Waals surface area contributed by atoms with Crippen molar-refractivity contribution in [2.75, 3.05) is 18.1 Å². The molecule has 176 valence electrons. The first-order valence-corrected chi connectivity index (χ1v) is 10.9. The van der Waals surface area contributed by atoms with Gasteiger partial charge < -0.3 is 26.2 Å². The Morgan fingerprint density at radius 2 is 2.24 bits per heavy atom. The molecular weight excluding hydrogens is 486 g/mol. The quantitative estimate of drug-likeness (QED) is 0.123. The maximum Gasteiger partial charge on any atom is 0.352 e. The Hall–Kier alpha value is -3.53. The number of carboxylic acids is 1. The number of nitrogens with one attached hydrogen (secondary N) is 1. The first-order chi connectivity index (χ1) is 15.7. The fraction of sp³-hybridized carbons (Fsp3) is 0.294. The average molecular weight is 502 g/mol. The van der Waals surface area contributed by atoms with Gasteiger partial charge >= 0.3 is 5.97 Å². The van der Waals surface area contributed by atoms with Crippen molar-refractivity contribution in [2.45, 2.75) is 17.8 Å². The molecule has 0 saturated carbocycles. The molecule has 2 atom stereocenters. The van der Waals surface area contributed by atoms with E-state index in [0.29, 0.717) is 11.8 Å². The van der Waals surface area contributed by atoms with Crippen LogP contribution in [0.15, 0.2) is 39.1 Å². The van der Waals surface area contributed by atoms with E-state index in [0.717, 1.165) is 16.2 Å². The number of aliphatic carboxylic acids is 1. The molecule has 3 rings (SSSR count). The van der Waals surface area contributed by atoms with E-state index >= 15 is 0 Å². The van der Waals surface area contributed by atoms with Crippen molar-refractivity contribution in [3.05, 3.63) is 34.5 Å². The molecule has 1 aromatic rings. The number of hydrogen-bond donors (Lipinski definition) is 4. The van der Waals surface area contributed by atoms with Crippen LogP contribution in [0.25, 0.3) is 0 Å². The molecule has 0 spiro atoms. The molecule has 2 aliphatic rings. The molecule has 0 radical (unpaired) electrons. The third kappa shape index (κ3) is 5.28. The number of nitrogens with zero attached hydrogens (tertiary/aromatic N) is 4. The summed E-state index contributed by atoms with van der Waals surface area (Å²) in [5, 5.41) is 28.0. The Balaban J connectivity index is 1.69.